The molecule has 0 bridgehead atoms. The van der Waals surface area contributed by atoms with Crippen LogP contribution in [0.3, 0.4) is 0 Å². The first-order valence-corrected chi connectivity index (χ1v) is 7.46. The molecule has 0 spiro atoms. The van der Waals surface area contributed by atoms with E-state index in [2.05, 4.69) is 0 Å². The lowest BCUT2D eigenvalue weighted by atomic mass is 9.71. The van der Waals surface area contributed by atoms with E-state index in [9.17, 15) is 14.4 Å². The highest BCUT2D eigenvalue weighted by Gasteiger charge is 2.63. The predicted molar refractivity (Wildman–Crippen MR) is 74.5 cm³/mol. The molecule has 0 aromatic heterocycles. The number of esters is 1. The molecular weight excluding hydrogens is 258 g/mol. The second-order valence-corrected chi connectivity index (χ2v) is 5.38. The van der Waals surface area contributed by atoms with Crippen molar-refractivity contribution in [1.82, 2.24) is 4.90 Å². The fraction of sp³-hybridized carbons (Fsp3) is 0.800. The molecule has 1 heterocycles. The minimum Gasteiger partial charge on any atom is -0.440 e. The molecule has 2 atom stereocenters. The summed E-state index contributed by atoms with van der Waals surface area (Å²) >= 11 is 0. The normalized spacial score (nSPS) is 22.1. The van der Waals surface area contributed by atoms with Crippen LogP contribution in [0.25, 0.3) is 0 Å². The average Bonchev–Trinajstić information content (AvgIpc) is 2.47. The summed E-state index contributed by atoms with van der Waals surface area (Å²) in [6.45, 7) is 9.15. The molecule has 2 unspecified atom stereocenters. The first-order valence-electron chi connectivity index (χ1n) is 7.46. The van der Waals surface area contributed by atoms with Gasteiger partial charge in [-0.3, -0.25) is 14.4 Å². The van der Waals surface area contributed by atoms with Crippen LogP contribution in [0.1, 0.15) is 60.3 Å². The molecule has 0 aromatic rings. The van der Waals surface area contributed by atoms with Crippen molar-refractivity contribution in [2.75, 3.05) is 0 Å². The molecule has 5 nitrogen and oxygen atoms in total. The van der Waals surface area contributed by atoms with Crippen molar-refractivity contribution >= 4 is 17.8 Å². The quantitative estimate of drug-likeness (QED) is 0.555. The van der Waals surface area contributed by atoms with Crippen molar-refractivity contribution in [3.63, 3.8) is 0 Å². The van der Waals surface area contributed by atoms with Gasteiger partial charge in [-0.15, -0.1) is 0 Å². The molecule has 0 aliphatic carbocycles. The van der Waals surface area contributed by atoms with Crippen LogP contribution in [-0.2, 0) is 19.1 Å². The Morgan fingerprint density at radius 3 is 2.20 bits per heavy atom. The highest BCUT2D eigenvalue weighted by atomic mass is 16.6. The number of likely N-dealkylation sites (tertiary alicyclic amines) is 1. The zero-order valence-corrected chi connectivity index (χ0v) is 13.1. The summed E-state index contributed by atoms with van der Waals surface area (Å²) in [7, 11) is 0. The molecule has 20 heavy (non-hydrogen) atoms. The summed E-state index contributed by atoms with van der Waals surface area (Å²) in [4.78, 5) is 37.4. The Balaban J connectivity index is 3.02. The molecular formula is C15H25NO4. The van der Waals surface area contributed by atoms with Gasteiger partial charge in [0.05, 0.1) is 0 Å². The fourth-order valence-electron chi connectivity index (χ4n) is 2.54. The zero-order chi connectivity index (χ0) is 15.5. The lowest BCUT2D eigenvalue weighted by Crippen LogP contribution is -2.72. The lowest BCUT2D eigenvalue weighted by molar-refractivity contribution is -0.223. The second kappa shape index (κ2) is 6.37. The first-order chi connectivity index (χ1) is 9.39. The van der Waals surface area contributed by atoms with Gasteiger partial charge in [0.25, 0.3) is 0 Å². The van der Waals surface area contributed by atoms with Crippen molar-refractivity contribution in [1.29, 1.82) is 0 Å². The molecule has 2 amide bonds. The number of β-lactam (4-membered cyclic amide) rings is 1. The van der Waals surface area contributed by atoms with Crippen molar-refractivity contribution in [2.45, 2.75) is 66.5 Å². The van der Waals surface area contributed by atoms with Crippen molar-refractivity contribution in [3.05, 3.63) is 0 Å². The molecule has 1 fully saturated rings. The van der Waals surface area contributed by atoms with Crippen LogP contribution in [0.15, 0.2) is 0 Å². The third-order valence-corrected chi connectivity index (χ3v) is 4.42. The smallest absolute Gasteiger partial charge is 0.307 e. The van der Waals surface area contributed by atoms with Crippen molar-refractivity contribution < 1.29 is 19.1 Å². The Bertz CT molecular complexity index is 401. The molecule has 0 N–H and O–H groups in total. The number of carbonyl (C=O) groups is 3. The largest absolute Gasteiger partial charge is 0.440 e. The van der Waals surface area contributed by atoms with Crippen LogP contribution in [0, 0.1) is 11.3 Å². The standard InChI is InChI=1S/C15H25NO4/c1-6-10(5)12(18)16-13(19)15(8-3,9-4)14(16)20-11(17)7-2/h10,14H,6-9H2,1-5H3. The van der Waals surface area contributed by atoms with Crippen molar-refractivity contribution in [2.24, 2.45) is 11.3 Å². The van der Waals surface area contributed by atoms with Crippen LogP contribution in [0.5, 0.6) is 0 Å². The van der Waals surface area contributed by atoms with E-state index in [1.807, 2.05) is 20.8 Å². The van der Waals surface area contributed by atoms with Gasteiger partial charge < -0.3 is 4.74 Å². The Morgan fingerprint density at radius 1 is 1.25 bits per heavy atom. The number of hydrogen-bond acceptors (Lipinski definition) is 4. The molecule has 5 heteroatoms. The van der Waals surface area contributed by atoms with Gasteiger partial charge in [0.1, 0.15) is 5.41 Å². The van der Waals surface area contributed by atoms with Gasteiger partial charge in [-0.2, -0.15) is 0 Å². The van der Waals surface area contributed by atoms with E-state index in [1.165, 1.54) is 0 Å². The van der Waals surface area contributed by atoms with Gasteiger partial charge in [-0.25, -0.2) is 4.90 Å². The first kappa shape index (κ1) is 16.7. The highest BCUT2D eigenvalue weighted by Crippen LogP contribution is 2.46. The average molecular weight is 283 g/mol. The summed E-state index contributed by atoms with van der Waals surface area (Å²) < 4.78 is 5.38. The van der Waals surface area contributed by atoms with Gasteiger partial charge in [0, 0.05) is 12.3 Å². The van der Waals surface area contributed by atoms with Gasteiger partial charge in [-0.1, -0.05) is 34.6 Å². The SMILES string of the molecule is CCC(=O)OC1N(C(=O)C(C)CC)C(=O)C1(CC)CC. The second-order valence-electron chi connectivity index (χ2n) is 5.38. The van der Waals surface area contributed by atoms with Crippen LogP contribution in [-0.4, -0.2) is 28.9 Å². The molecule has 0 aromatic carbocycles. The third-order valence-electron chi connectivity index (χ3n) is 4.42. The van der Waals surface area contributed by atoms with E-state index < -0.39 is 11.6 Å². The van der Waals surface area contributed by atoms with Crippen LogP contribution < -0.4 is 0 Å². The van der Waals surface area contributed by atoms with Gasteiger partial charge >= 0.3 is 5.97 Å². The maximum Gasteiger partial charge on any atom is 0.307 e. The minimum atomic E-state index is -0.737. The maximum atomic E-state index is 12.4. The molecule has 0 radical (unpaired) electrons. The molecule has 114 valence electrons. The van der Waals surface area contributed by atoms with E-state index in [-0.39, 0.29) is 30.1 Å². The third kappa shape index (κ3) is 2.45. The summed E-state index contributed by atoms with van der Waals surface area (Å²) in [6, 6.07) is 0. The fourth-order valence-corrected chi connectivity index (χ4v) is 2.54. The number of rotatable bonds is 6. The molecule has 1 aliphatic rings. The Labute approximate surface area is 120 Å². The minimum absolute atomic E-state index is 0.207. The summed E-state index contributed by atoms with van der Waals surface area (Å²) in [6.07, 6.45) is 1.28. The summed E-state index contributed by atoms with van der Waals surface area (Å²) in [5.41, 5.74) is -0.728. The predicted octanol–water partition coefficient (Wildman–Crippen LogP) is 2.49. The van der Waals surface area contributed by atoms with E-state index in [4.69, 9.17) is 4.74 Å². The molecule has 1 saturated heterocycles. The molecule has 0 saturated carbocycles. The van der Waals surface area contributed by atoms with E-state index in [1.54, 1.807) is 13.8 Å². The Kier molecular flexibility index (Phi) is 5.31. The van der Waals surface area contributed by atoms with E-state index in [0.717, 1.165) is 4.90 Å². The highest BCUT2D eigenvalue weighted by molar-refractivity contribution is 6.04. The number of ether oxygens (including phenoxy) is 1. The Hall–Kier alpha value is -1.39. The summed E-state index contributed by atoms with van der Waals surface area (Å²) in [5, 5.41) is 0. The zero-order valence-electron chi connectivity index (χ0n) is 13.1. The van der Waals surface area contributed by atoms with E-state index >= 15 is 0 Å². The van der Waals surface area contributed by atoms with Crippen molar-refractivity contribution in [3.8, 4) is 0 Å². The lowest BCUT2D eigenvalue weighted by Gasteiger charge is -2.53. The van der Waals surface area contributed by atoms with E-state index in [0.29, 0.717) is 19.3 Å². The Morgan fingerprint density at radius 2 is 1.80 bits per heavy atom. The number of hydrogen-bond donors (Lipinski definition) is 0. The van der Waals surface area contributed by atoms with Gasteiger partial charge in [0.2, 0.25) is 11.8 Å². The number of nitrogens with zero attached hydrogens (tertiary/aromatic N) is 1. The number of imide groups is 1. The van der Waals surface area contributed by atoms with Gasteiger partial charge in [0.15, 0.2) is 6.23 Å². The van der Waals surface area contributed by atoms with Crippen LogP contribution in [0.2, 0.25) is 0 Å². The maximum absolute atomic E-state index is 12.4. The van der Waals surface area contributed by atoms with Gasteiger partial charge in [-0.05, 0) is 19.3 Å². The number of carbonyl (C=O) groups excluding carboxylic acids is 3. The topological polar surface area (TPSA) is 63.7 Å². The molecule has 1 rings (SSSR count). The van der Waals surface area contributed by atoms with Crippen LogP contribution in [0.4, 0.5) is 0 Å². The summed E-state index contributed by atoms with van der Waals surface area (Å²) in [5.74, 6) is -1.07. The number of amides is 2. The molecule has 1 aliphatic heterocycles. The van der Waals surface area contributed by atoms with Crippen LogP contribution >= 0.6 is 0 Å². The monoisotopic (exact) mass is 283 g/mol.